The minimum Gasteiger partial charge on any atom is -0.357 e. The molecule has 0 aliphatic rings. The molecular weight excluding hydrogens is 300 g/mol. The van der Waals surface area contributed by atoms with Gasteiger partial charge in [0.25, 0.3) is 0 Å². The molecule has 5 nitrogen and oxygen atoms in total. The van der Waals surface area contributed by atoms with Crippen LogP contribution in [0.25, 0.3) is 22.0 Å². The van der Waals surface area contributed by atoms with E-state index in [0.29, 0.717) is 5.95 Å². The maximum atomic E-state index is 11.6. The fourth-order valence-electron chi connectivity index (χ4n) is 2.44. The van der Waals surface area contributed by atoms with Gasteiger partial charge in [-0.15, -0.1) is 0 Å². The highest BCUT2D eigenvalue weighted by atomic mass is 16.1. The van der Waals surface area contributed by atoms with Crippen molar-refractivity contribution in [2.45, 2.75) is 6.92 Å². The molecule has 0 saturated carbocycles. The molecule has 1 amide bonds. The summed E-state index contributed by atoms with van der Waals surface area (Å²) < 4.78 is 0. The number of amides is 1. The summed E-state index contributed by atoms with van der Waals surface area (Å²) in [4.78, 5) is 20.3. The summed E-state index contributed by atoms with van der Waals surface area (Å²) in [6.07, 6.45) is 3.06. The van der Waals surface area contributed by atoms with Gasteiger partial charge < -0.3 is 10.6 Å². The summed E-state index contributed by atoms with van der Waals surface area (Å²) in [5.74, 6) is 0.364. The third-order valence-electron chi connectivity index (χ3n) is 3.82. The van der Waals surface area contributed by atoms with Crippen molar-refractivity contribution >= 4 is 28.4 Å². The van der Waals surface area contributed by atoms with E-state index < -0.39 is 0 Å². The zero-order valence-corrected chi connectivity index (χ0v) is 13.6. The Morgan fingerprint density at radius 1 is 1.17 bits per heavy atom. The Hall–Kier alpha value is -3.21. The fraction of sp³-hybridized carbons (Fsp3) is 0.105. The summed E-state index contributed by atoms with van der Waals surface area (Å²) in [7, 11) is 1.79. The van der Waals surface area contributed by atoms with Crippen LogP contribution in [0.3, 0.4) is 0 Å². The van der Waals surface area contributed by atoms with Gasteiger partial charge in [0.1, 0.15) is 0 Å². The number of nitrogens with zero attached hydrogens (tertiary/aromatic N) is 2. The first kappa shape index (κ1) is 15.7. The predicted octanol–water partition coefficient (Wildman–Crippen LogP) is 3.77. The molecule has 0 unspecified atom stereocenters. The number of hydrogen-bond acceptors (Lipinski definition) is 4. The smallest absolute Gasteiger partial charge is 0.247 e. The number of aryl methyl sites for hydroxylation is 1. The Morgan fingerprint density at radius 2 is 1.92 bits per heavy atom. The van der Waals surface area contributed by atoms with E-state index in [1.54, 1.807) is 13.2 Å². The third-order valence-corrected chi connectivity index (χ3v) is 3.82. The lowest BCUT2D eigenvalue weighted by molar-refractivity contribution is -0.111. The summed E-state index contributed by atoms with van der Waals surface area (Å²) in [5, 5.41) is 6.75. The summed E-state index contributed by atoms with van der Waals surface area (Å²) >= 11 is 0. The van der Waals surface area contributed by atoms with Crippen molar-refractivity contribution in [2.75, 3.05) is 17.7 Å². The number of carbonyl (C=O) groups excluding carboxylic acids is 1. The van der Waals surface area contributed by atoms with Gasteiger partial charge in [-0.25, -0.2) is 9.97 Å². The van der Waals surface area contributed by atoms with E-state index in [4.69, 9.17) is 0 Å². The van der Waals surface area contributed by atoms with E-state index in [9.17, 15) is 4.79 Å². The van der Waals surface area contributed by atoms with E-state index in [0.717, 1.165) is 33.3 Å². The van der Waals surface area contributed by atoms with E-state index >= 15 is 0 Å². The lowest BCUT2D eigenvalue weighted by Crippen LogP contribution is -2.08. The van der Waals surface area contributed by atoms with Crippen molar-refractivity contribution in [3.8, 4) is 11.1 Å². The van der Waals surface area contributed by atoms with Crippen molar-refractivity contribution in [3.63, 3.8) is 0 Å². The van der Waals surface area contributed by atoms with Crippen LogP contribution < -0.4 is 10.6 Å². The minimum atomic E-state index is -0.222. The monoisotopic (exact) mass is 318 g/mol. The van der Waals surface area contributed by atoms with Gasteiger partial charge in [0.15, 0.2) is 0 Å². The van der Waals surface area contributed by atoms with Crippen LogP contribution in [0.1, 0.15) is 5.56 Å². The van der Waals surface area contributed by atoms with Gasteiger partial charge in [-0.2, -0.15) is 0 Å². The molecule has 2 N–H and O–H groups in total. The molecule has 5 heteroatoms. The number of fused-ring (bicyclic) bond motifs is 1. The molecule has 0 aliphatic heterocycles. The maximum Gasteiger partial charge on any atom is 0.247 e. The molecule has 0 radical (unpaired) electrons. The van der Waals surface area contributed by atoms with E-state index in [2.05, 4.69) is 27.2 Å². The van der Waals surface area contributed by atoms with Crippen LogP contribution in [0.15, 0.2) is 55.3 Å². The van der Waals surface area contributed by atoms with Crippen LogP contribution >= 0.6 is 0 Å². The highest BCUT2D eigenvalue weighted by molar-refractivity contribution is 6.00. The Labute approximate surface area is 140 Å². The van der Waals surface area contributed by atoms with Gasteiger partial charge in [-0.05, 0) is 41.8 Å². The average Bonchev–Trinajstić information content (AvgIpc) is 2.62. The van der Waals surface area contributed by atoms with Gasteiger partial charge in [0, 0.05) is 24.3 Å². The number of rotatable bonds is 4. The lowest BCUT2D eigenvalue weighted by Gasteiger charge is -2.10. The van der Waals surface area contributed by atoms with E-state index in [1.165, 1.54) is 6.08 Å². The summed E-state index contributed by atoms with van der Waals surface area (Å²) in [6.45, 7) is 5.44. The standard InChI is InChI=1S/C19H18N4O/c1-4-18(24)22-16-9-13(6-5-12(16)2)14-7-8-15-11-21-19(20-3)23-17(15)10-14/h4-11H,1H2,2-3H3,(H,22,24)(H,20,21,23). The zero-order valence-electron chi connectivity index (χ0n) is 13.6. The molecule has 1 heterocycles. The van der Waals surface area contributed by atoms with E-state index in [-0.39, 0.29) is 5.91 Å². The number of aromatic nitrogens is 2. The average molecular weight is 318 g/mol. The van der Waals surface area contributed by atoms with Crippen molar-refractivity contribution < 1.29 is 4.79 Å². The SMILES string of the molecule is C=CC(=O)Nc1cc(-c2ccc3cnc(NC)nc3c2)ccc1C. The highest BCUT2D eigenvalue weighted by Gasteiger charge is 2.07. The normalized spacial score (nSPS) is 10.4. The molecule has 0 atom stereocenters. The fourth-order valence-corrected chi connectivity index (χ4v) is 2.44. The topological polar surface area (TPSA) is 66.9 Å². The molecule has 2 aromatic carbocycles. The minimum absolute atomic E-state index is 0.222. The quantitative estimate of drug-likeness (QED) is 0.719. The van der Waals surface area contributed by atoms with Crippen LogP contribution in [0.4, 0.5) is 11.6 Å². The Kier molecular flexibility index (Phi) is 4.24. The number of hydrogen-bond donors (Lipinski definition) is 2. The van der Waals surface area contributed by atoms with Gasteiger partial charge >= 0.3 is 0 Å². The predicted molar refractivity (Wildman–Crippen MR) is 98.1 cm³/mol. The molecule has 0 spiro atoms. The molecule has 0 fully saturated rings. The third kappa shape index (κ3) is 3.10. The number of nitrogens with one attached hydrogen (secondary N) is 2. The van der Waals surface area contributed by atoms with E-state index in [1.807, 2.05) is 43.3 Å². The molecule has 0 bridgehead atoms. The van der Waals surface area contributed by atoms with Crippen LogP contribution in [0.2, 0.25) is 0 Å². The van der Waals surface area contributed by atoms with Crippen molar-refractivity contribution in [2.24, 2.45) is 0 Å². The first-order valence-electron chi connectivity index (χ1n) is 7.59. The van der Waals surface area contributed by atoms with Crippen molar-refractivity contribution in [1.82, 2.24) is 9.97 Å². The molecule has 3 rings (SSSR count). The second-order valence-corrected chi connectivity index (χ2v) is 5.44. The first-order chi connectivity index (χ1) is 11.6. The second kappa shape index (κ2) is 6.50. The van der Waals surface area contributed by atoms with Gasteiger partial charge in [-0.3, -0.25) is 4.79 Å². The Balaban J connectivity index is 2.04. The molecule has 120 valence electrons. The molecular formula is C19H18N4O. The lowest BCUT2D eigenvalue weighted by atomic mass is 10.0. The number of carbonyl (C=O) groups is 1. The maximum absolute atomic E-state index is 11.6. The number of benzene rings is 2. The second-order valence-electron chi connectivity index (χ2n) is 5.44. The molecule has 0 aliphatic carbocycles. The first-order valence-corrected chi connectivity index (χ1v) is 7.59. The molecule has 0 saturated heterocycles. The van der Waals surface area contributed by atoms with Crippen molar-refractivity contribution in [1.29, 1.82) is 0 Å². The van der Waals surface area contributed by atoms with Crippen LogP contribution in [-0.4, -0.2) is 22.9 Å². The molecule has 3 aromatic rings. The molecule has 24 heavy (non-hydrogen) atoms. The van der Waals surface area contributed by atoms with Crippen LogP contribution in [0, 0.1) is 6.92 Å². The largest absolute Gasteiger partial charge is 0.357 e. The Morgan fingerprint density at radius 3 is 2.67 bits per heavy atom. The number of anilines is 2. The summed E-state index contributed by atoms with van der Waals surface area (Å²) in [5.41, 5.74) is 4.67. The molecule has 1 aromatic heterocycles. The zero-order chi connectivity index (χ0) is 17.1. The van der Waals surface area contributed by atoms with Crippen LogP contribution in [-0.2, 0) is 4.79 Å². The Bertz CT molecular complexity index is 934. The van der Waals surface area contributed by atoms with Gasteiger partial charge in [0.05, 0.1) is 5.52 Å². The van der Waals surface area contributed by atoms with Crippen molar-refractivity contribution in [3.05, 3.63) is 60.8 Å². The highest BCUT2D eigenvalue weighted by Crippen LogP contribution is 2.28. The summed E-state index contributed by atoms with van der Waals surface area (Å²) in [6, 6.07) is 12.0. The van der Waals surface area contributed by atoms with Gasteiger partial charge in [0.2, 0.25) is 11.9 Å². The van der Waals surface area contributed by atoms with Gasteiger partial charge in [-0.1, -0.05) is 30.8 Å². The van der Waals surface area contributed by atoms with Crippen LogP contribution in [0.5, 0.6) is 0 Å².